The SMILES string of the molecule is Cc1cc(N2CCCC(C(O)c3nccn3C)C2)c2cc(F)ccc2n1. The van der Waals surface area contributed by atoms with Gasteiger partial charge >= 0.3 is 0 Å². The number of aryl methyl sites for hydroxylation is 2. The Labute approximate surface area is 152 Å². The summed E-state index contributed by atoms with van der Waals surface area (Å²) >= 11 is 0. The third-order valence-corrected chi connectivity index (χ3v) is 5.25. The molecule has 136 valence electrons. The van der Waals surface area contributed by atoms with Crippen molar-refractivity contribution in [3.05, 3.63) is 54.0 Å². The minimum absolute atomic E-state index is 0.0851. The molecule has 1 N–H and O–H groups in total. The molecule has 1 fully saturated rings. The molecule has 1 aliphatic heterocycles. The van der Waals surface area contributed by atoms with Crippen LogP contribution in [0.15, 0.2) is 36.7 Å². The van der Waals surface area contributed by atoms with E-state index in [1.807, 2.05) is 30.8 Å². The molecule has 3 aromatic rings. The van der Waals surface area contributed by atoms with E-state index in [1.54, 1.807) is 18.3 Å². The molecule has 6 heteroatoms. The largest absolute Gasteiger partial charge is 0.385 e. The van der Waals surface area contributed by atoms with Crippen LogP contribution in [-0.2, 0) is 7.05 Å². The molecule has 2 atom stereocenters. The summed E-state index contributed by atoms with van der Waals surface area (Å²) in [6.45, 7) is 3.55. The van der Waals surface area contributed by atoms with Gasteiger partial charge in [-0.3, -0.25) is 4.98 Å². The van der Waals surface area contributed by atoms with Crippen LogP contribution in [-0.4, -0.2) is 32.7 Å². The first kappa shape index (κ1) is 17.0. The Kier molecular flexibility index (Phi) is 4.36. The number of nitrogens with zero attached hydrogens (tertiary/aromatic N) is 4. The zero-order chi connectivity index (χ0) is 18.3. The van der Waals surface area contributed by atoms with Crippen molar-refractivity contribution in [1.29, 1.82) is 0 Å². The van der Waals surface area contributed by atoms with Gasteiger partial charge in [-0.1, -0.05) is 0 Å². The van der Waals surface area contributed by atoms with Gasteiger partial charge < -0.3 is 14.6 Å². The van der Waals surface area contributed by atoms with E-state index in [1.165, 1.54) is 6.07 Å². The van der Waals surface area contributed by atoms with Crippen LogP contribution in [0.2, 0.25) is 0 Å². The van der Waals surface area contributed by atoms with Gasteiger partial charge in [0, 0.05) is 55.2 Å². The first-order valence-corrected chi connectivity index (χ1v) is 9.00. The third kappa shape index (κ3) is 3.05. The number of anilines is 1. The summed E-state index contributed by atoms with van der Waals surface area (Å²) in [4.78, 5) is 11.1. The lowest BCUT2D eigenvalue weighted by Gasteiger charge is -2.37. The summed E-state index contributed by atoms with van der Waals surface area (Å²) in [5.74, 6) is 0.520. The number of aliphatic hydroxyl groups excluding tert-OH is 1. The van der Waals surface area contributed by atoms with E-state index in [2.05, 4.69) is 14.9 Å². The highest BCUT2D eigenvalue weighted by Crippen LogP contribution is 2.34. The lowest BCUT2D eigenvalue weighted by Crippen LogP contribution is -2.38. The molecule has 1 aromatic carbocycles. The highest BCUT2D eigenvalue weighted by molar-refractivity contribution is 5.92. The van der Waals surface area contributed by atoms with Gasteiger partial charge in [0.1, 0.15) is 17.7 Å². The Morgan fingerprint density at radius 2 is 2.15 bits per heavy atom. The average molecular weight is 354 g/mol. The molecular weight excluding hydrogens is 331 g/mol. The lowest BCUT2D eigenvalue weighted by atomic mass is 9.91. The Morgan fingerprint density at radius 3 is 2.92 bits per heavy atom. The van der Waals surface area contributed by atoms with Gasteiger partial charge in [-0.2, -0.15) is 0 Å². The van der Waals surface area contributed by atoms with Gasteiger partial charge in [0.2, 0.25) is 0 Å². The lowest BCUT2D eigenvalue weighted by molar-refractivity contribution is 0.0875. The number of pyridine rings is 1. The molecule has 0 amide bonds. The zero-order valence-corrected chi connectivity index (χ0v) is 15.1. The molecule has 0 spiro atoms. The van der Waals surface area contributed by atoms with Crippen molar-refractivity contribution >= 4 is 16.6 Å². The summed E-state index contributed by atoms with van der Waals surface area (Å²) in [6.07, 6.45) is 4.87. The Bertz CT molecular complexity index is 939. The van der Waals surface area contributed by atoms with Crippen molar-refractivity contribution < 1.29 is 9.50 Å². The second kappa shape index (κ2) is 6.68. The van der Waals surface area contributed by atoms with E-state index >= 15 is 0 Å². The van der Waals surface area contributed by atoms with E-state index in [-0.39, 0.29) is 11.7 Å². The molecule has 5 nitrogen and oxygen atoms in total. The maximum atomic E-state index is 13.8. The summed E-state index contributed by atoms with van der Waals surface area (Å²) in [5, 5.41) is 11.6. The van der Waals surface area contributed by atoms with Gasteiger partial charge in [-0.25, -0.2) is 9.37 Å². The fourth-order valence-corrected chi connectivity index (χ4v) is 3.93. The average Bonchev–Trinajstić information content (AvgIpc) is 3.07. The quantitative estimate of drug-likeness (QED) is 0.784. The van der Waals surface area contributed by atoms with Gasteiger partial charge in [0.05, 0.1) is 5.52 Å². The van der Waals surface area contributed by atoms with Crippen LogP contribution < -0.4 is 4.90 Å². The Hall–Kier alpha value is -2.47. The predicted molar refractivity (Wildman–Crippen MR) is 99.5 cm³/mol. The summed E-state index contributed by atoms with van der Waals surface area (Å²) < 4.78 is 15.7. The van der Waals surface area contributed by atoms with Gasteiger partial charge in [0.15, 0.2) is 0 Å². The molecule has 4 rings (SSSR count). The third-order valence-electron chi connectivity index (χ3n) is 5.25. The molecule has 0 saturated carbocycles. The second-order valence-corrected chi connectivity index (χ2v) is 7.13. The Morgan fingerprint density at radius 1 is 1.31 bits per heavy atom. The highest BCUT2D eigenvalue weighted by atomic mass is 19.1. The minimum Gasteiger partial charge on any atom is -0.385 e. The fourth-order valence-electron chi connectivity index (χ4n) is 3.93. The molecule has 0 aliphatic carbocycles. The minimum atomic E-state index is -0.608. The predicted octanol–water partition coefficient (Wildman–Crippen LogP) is 3.37. The van der Waals surface area contributed by atoms with Crippen LogP contribution >= 0.6 is 0 Å². The first-order valence-electron chi connectivity index (χ1n) is 9.00. The number of fused-ring (bicyclic) bond motifs is 1. The number of aliphatic hydroxyl groups is 1. The van der Waals surface area contributed by atoms with Gasteiger partial charge in [0.25, 0.3) is 0 Å². The molecule has 3 heterocycles. The summed E-state index contributed by atoms with van der Waals surface area (Å²) in [7, 11) is 1.90. The van der Waals surface area contributed by atoms with Crippen molar-refractivity contribution in [3.8, 4) is 0 Å². The number of rotatable bonds is 3. The first-order chi connectivity index (χ1) is 12.5. The fraction of sp³-hybridized carbons (Fsp3) is 0.400. The number of aromatic nitrogens is 3. The van der Waals surface area contributed by atoms with Crippen molar-refractivity contribution in [2.45, 2.75) is 25.9 Å². The molecule has 0 radical (unpaired) electrons. The molecule has 1 saturated heterocycles. The molecule has 2 unspecified atom stereocenters. The van der Waals surface area contributed by atoms with Crippen molar-refractivity contribution in [2.75, 3.05) is 18.0 Å². The van der Waals surface area contributed by atoms with Gasteiger partial charge in [-0.15, -0.1) is 0 Å². The number of imidazole rings is 1. The topological polar surface area (TPSA) is 54.2 Å². The molecule has 1 aliphatic rings. The standard InChI is InChI=1S/C20H23FN4O/c1-13-10-18(16-11-15(21)5-6-17(16)23-13)25-8-3-4-14(12-25)19(26)20-22-7-9-24(20)2/h5-7,9-11,14,19,26H,3-4,8,12H2,1-2H3. The van der Waals surface area contributed by atoms with Gasteiger partial charge in [-0.05, 0) is 44.0 Å². The van der Waals surface area contributed by atoms with Crippen molar-refractivity contribution in [3.63, 3.8) is 0 Å². The van der Waals surface area contributed by atoms with Crippen LogP contribution in [0.4, 0.5) is 10.1 Å². The van der Waals surface area contributed by atoms with E-state index < -0.39 is 6.10 Å². The second-order valence-electron chi connectivity index (χ2n) is 7.13. The number of hydrogen-bond acceptors (Lipinski definition) is 4. The summed E-state index contributed by atoms with van der Waals surface area (Å²) in [6, 6.07) is 6.74. The highest BCUT2D eigenvalue weighted by Gasteiger charge is 2.30. The van der Waals surface area contributed by atoms with Crippen molar-refractivity contribution in [1.82, 2.24) is 14.5 Å². The van der Waals surface area contributed by atoms with Crippen LogP contribution in [0.1, 0.15) is 30.5 Å². The van der Waals surface area contributed by atoms with E-state index in [0.717, 1.165) is 41.7 Å². The number of piperidine rings is 1. The molecule has 26 heavy (non-hydrogen) atoms. The van der Waals surface area contributed by atoms with Crippen LogP contribution in [0, 0.1) is 18.7 Å². The number of halogens is 1. The van der Waals surface area contributed by atoms with Crippen LogP contribution in [0.3, 0.4) is 0 Å². The zero-order valence-electron chi connectivity index (χ0n) is 15.1. The van der Waals surface area contributed by atoms with Crippen LogP contribution in [0.5, 0.6) is 0 Å². The number of hydrogen-bond donors (Lipinski definition) is 1. The molecular formula is C20H23FN4O. The maximum absolute atomic E-state index is 13.8. The summed E-state index contributed by atoms with van der Waals surface area (Å²) in [5.41, 5.74) is 2.70. The molecule has 0 bridgehead atoms. The van der Waals surface area contributed by atoms with Crippen LogP contribution in [0.25, 0.3) is 10.9 Å². The molecule has 2 aromatic heterocycles. The van der Waals surface area contributed by atoms with Crippen molar-refractivity contribution in [2.24, 2.45) is 13.0 Å². The Balaban J connectivity index is 1.67. The monoisotopic (exact) mass is 354 g/mol. The smallest absolute Gasteiger partial charge is 0.137 e. The van der Waals surface area contributed by atoms with E-state index in [0.29, 0.717) is 12.4 Å². The maximum Gasteiger partial charge on any atom is 0.137 e. The normalized spacial score (nSPS) is 19.1. The van der Waals surface area contributed by atoms with E-state index in [9.17, 15) is 9.50 Å². The number of benzene rings is 1. The van der Waals surface area contributed by atoms with E-state index in [4.69, 9.17) is 0 Å².